The lowest BCUT2D eigenvalue weighted by molar-refractivity contribution is 0.112. The van der Waals surface area contributed by atoms with Crippen molar-refractivity contribution in [1.29, 1.82) is 0 Å². The van der Waals surface area contributed by atoms with Gasteiger partial charge in [-0.25, -0.2) is 0 Å². The molecule has 0 radical (unpaired) electrons. The first-order chi connectivity index (χ1) is 9.20. The molecule has 2 aromatic rings. The van der Waals surface area contributed by atoms with Gasteiger partial charge in [0.15, 0.2) is 6.29 Å². The van der Waals surface area contributed by atoms with E-state index in [0.717, 1.165) is 29.5 Å². The number of aryl methyl sites for hydroxylation is 1. The molecule has 0 saturated carbocycles. The van der Waals surface area contributed by atoms with Gasteiger partial charge in [0.1, 0.15) is 0 Å². The Bertz CT molecular complexity index is 633. The normalized spacial score (nSPS) is 17.4. The Morgan fingerprint density at radius 2 is 1.95 bits per heavy atom. The van der Waals surface area contributed by atoms with Crippen LogP contribution in [-0.4, -0.2) is 12.3 Å². The van der Waals surface area contributed by atoms with Crippen molar-refractivity contribution in [3.8, 4) is 0 Å². The van der Waals surface area contributed by atoms with Crippen LogP contribution in [0.4, 0.5) is 11.4 Å². The topological polar surface area (TPSA) is 20.3 Å². The summed E-state index contributed by atoms with van der Waals surface area (Å²) in [6, 6.07) is 14.9. The van der Waals surface area contributed by atoms with Crippen molar-refractivity contribution in [2.24, 2.45) is 0 Å². The average molecular weight is 251 g/mol. The van der Waals surface area contributed by atoms with Gasteiger partial charge in [-0.3, -0.25) is 4.79 Å². The summed E-state index contributed by atoms with van der Waals surface area (Å²) in [5, 5.41) is 0. The maximum absolute atomic E-state index is 11.3. The smallest absolute Gasteiger partial charge is 0.152 e. The molecule has 2 aromatic carbocycles. The predicted octanol–water partition coefficient (Wildman–Crippen LogP) is 3.89. The summed E-state index contributed by atoms with van der Waals surface area (Å²) in [6.07, 6.45) is 1.98. The third kappa shape index (κ3) is 1.93. The summed E-state index contributed by atoms with van der Waals surface area (Å²) in [5.41, 5.74) is 5.47. The highest BCUT2D eigenvalue weighted by atomic mass is 16.1. The van der Waals surface area contributed by atoms with Crippen molar-refractivity contribution >= 4 is 17.7 Å². The summed E-state index contributed by atoms with van der Waals surface area (Å²) in [5.74, 6) is 0. The largest absolute Gasteiger partial charge is 0.337 e. The number of hydrogen-bond donors (Lipinski definition) is 0. The van der Waals surface area contributed by atoms with E-state index in [1.54, 1.807) is 0 Å². The van der Waals surface area contributed by atoms with Crippen molar-refractivity contribution in [3.63, 3.8) is 0 Å². The Morgan fingerprint density at radius 3 is 2.74 bits per heavy atom. The predicted molar refractivity (Wildman–Crippen MR) is 78.3 cm³/mol. The van der Waals surface area contributed by atoms with Gasteiger partial charge in [0.2, 0.25) is 0 Å². The van der Waals surface area contributed by atoms with Gasteiger partial charge in [0.05, 0.1) is 5.69 Å². The maximum Gasteiger partial charge on any atom is 0.152 e. The molecule has 0 N–H and O–H groups in total. The summed E-state index contributed by atoms with van der Waals surface area (Å²) in [6.45, 7) is 4.21. The van der Waals surface area contributed by atoms with Gasteiger partial charge >= 0.3 is 0 Å². The summed E-state index contributed by atoms with van der Waals surface area (Å²) in [4.78, 5) is 13.6. The van der Waals surface area contributed by atoms with Gasteiger partial charge in [0, 0.05) is 17.3 Å². The number of anilines is 2. The third-order valence-corrected chi connectivity index (χ3v) is 3.78. The van der Waals surface area contributed by atoms with Crippen LogP contribution in [0.5, 0.6) is 0 Å². The zero-order valence-electron chi connectivity index (χ0n) is 11.3. The van der Waals surface area contributed by atoms with E-state index in [1.165, 1.54) is 11.3 Å². The van der Waals surface area contributed by atoms with Crippen LogP contribution >= 0.6 is 0 Å². The molecule has 3 rings (SSSR count). The molecule has 1 aliphatic heterocycles. The summed E-state index contributed by atoms with van der Waals surface area (Å²) in [7, 11) is 0. The molecule has 1 atom stereocenters. The highest BCUT2D eigenvalue weighted by Gasteiger charge is 2.28. The zero-order chi connectivity index (χ0) is 13.4. The number of benzene rings is 2. The Labute approximate surface area is 113 Å². The van der Waals surface area contributed by atoms with Gasteiger partial charge < -0.3 is 4.90 Å². The first kappa shape index (κ1) is 12.0. The fraction of sp³-hybridized carbons (Fsp3) is 0.235. The second kappa shape index (κ2) is 4.54. The Morgan fingerprint density at radius 1 is 1.16 bits per heavy atom. The first-order valence-electron chi connectivity index (χ1n) is 6.63. The van der Waals surface area contributed by atoms with Gasteiger partial charge in [-0.15, -0.1) is 0 Å². The molecule has 0 aliphatic carbocycles. The van der Waals surface area contributed by atoms with Crippen molar-refractivity contribution in [1.82, 2.24) is 0 Å². The van der Waals surface area contributed by atoms with E-state index in [1.807, 2.05) is 13.0 Å². The van der Waals surface area contributed by atoms with Gasteiger partial charge in [-0.2, -0.15) is 0 Å². The van der Waals surface area contributed by atoms with Crippen molar-refractivity contribution in [3.05, 3.63) is 59.2 Å². The first-order valence-corrected chi connectivity index (χ1v) is 6.63. The van der Waals surface area contributed by atoms with E-state index >= 15 is 0 Å². The number of carbonyl (C=O) groups excluding carboxylic acids is 1. The van der Waals surface area contributed by atoms with E-state index < -0.39 is 0 Å². The van der Waals surface area contributed by atoms with Crippen LogP contribution in [0.1, 0.15) is 28.4 Å². The highest BCUT2D eigenvalue weighted by molar-refractivity contribution is 5.88. The summed E-state index contributed by atoms with van der Waals surface area (Å²) >= 11 is 0. The Balaban J connectivity index is 2.15. The van der Waals surface area contributed by atoms with E-state index in [2.05, 4.69) is 48.2 Å². The fourth-order valence-electron chi connectivity index (χ4n) is 2.92. The average Bonchev–Trinajstić information content (AvgIpc) is 2.74. The van der Waals surface area contributed by atoms with Crippen LogP contribution in [0, 0.1) is 6.92 Å². The number of para-hydroxylation sites is 1. The molecule has 19 heavy (non-hydrogen) atoms. The van der Waals surface area contributed by atoms with Gasteiger partial charge in [-0.05, 0) is 44.0 Å². The molecular formula is C17H17NO. The molecule has 0 spiro atoms. The van der Waals surface area contributed by atoms with Crippen molar-refractivity contribution < 1.29 is 4.79 Å². The standard InChI is InChI=1S/C17H17NO/c1-12-7-8-17(15(9-12)11-19)18-13(2)10-14-5-3-4-6-16(14)18/h3-9,11,13H,10H2,1-2H3. The van der Waals surface area contributed by atoms with Gasteiger partial charge in [-0.1, -0.05) is 29.8 Å². The second-order valence-corrected chi connectivity index (χ2v) is 5.23. The molecule has 1 aliphatic rings. The Hall–Kier alpha value is -2.09. The zero-order valence-corrected chi connectivity index (χ0v) is 11.3. The molecule has 1 unspecified atom stereocenters. The van der Waals surface area contributed by atoms with E-state index in [4.69, 9.17) is 0 Å². The molecule has 0 aromatic heterocycles. The molecule has 0 amide bonds. The lowest BCUT2D eigenvalue weighted by Gasteiger charge is -2.26. The minimum Gasteiger partial charge on any atom is -0.337 e. The number of rotatable bonds is 2. The monoisotopic (exact) mass is 251 g/mol. The van der Waals surface area contributed by atoms with Crippen molar-refractivity contribution in [2.75, 3.05) is 4.90 Å². The minimum atomic E-state index is 0.388. The second-order valence-electron chi connectivity index (χ2n) is 5.23. The molecule has 1 heterocycles. The maximum atomic E-state index is 11.3. The van der Waals surface area contributed by atoms with Crippen LogP contribution in [-0.2, 0) is 6.42 Å². The number of nitrogens with zero attached hydrogens (tertiary/aromatic N) is 1. The van der Waals surface area contributed by atoms with Crippen LogP contribution in [0.15, 0.2) is 42.5 Å². The minimum absolute atomic E-state index is 0.388. The van der Waals surface area contributed by atoms with E-state index in [0.29, 0.717) is 6.04 Å². The number of hydrogen-bond acceptors (Lipinski definition) is 2. The van der Waals surface area contributed by atoms with Crippen LogP contribution in [0.25, 0.3) is 0 Å². The van der Waals surface area contributed by atoms with Crippen LogP contribution < -0.4 is 4.90 Å². The SMILES string of the molecule is Cc1ccc(N2c3ccccc3CC2C)c(C=O)c1. The van der Waals surface area contributed by atoms with Gasteiger partial charge in [0.25, 0.3) is 0 Å². The van der Waals surface area contributed by atoms with E-state index in [9.17, 15) is 4.79 Å². The van der Waals surface area contributed by atoms with E-state index in [-0.39, 0.29) is 0 Å². The summed E-state index contributed by atoms with van der Waals surface area (Å²) < 4.78 is 0. The molecule has 96 valence electrons. The number of fused-ring (bicyclic) bond motifs is 1. The number of carbonyl (C=O) groups is 1. The fourth-order valence-corrected chi connectivity index (χ4v) is 2.92. The van der Waals surface area contributed by atoms with Crippen LogP contribution in [0.2, 0.25) is 0 Å². The highest BCUT2D eigenvalue weighted by Crippen LogP contribution is 2.39. The molecule has 2 nitrogen and oxygen atoms in total. The molecule has 0 fully saturated rings. The molecule has 0 saturated heterocycles. The molecular weight excluding hydrogens is 234 g/mol. The lowest BCUT2D eigenvalue weighted by atomic mass is 10.1. The Kier molecular flexibility index (Phi) is 2.86. The third-order valence-electron chi connectivity index (χ3n) is 3.78. The lowest BCUT2D eigenvalue weighted by Crippen LogP contribution is -2.24. The number of aldehydes is 1. The molecule has 0 bridgehead atoms. The molecule has 2 heteroatoms. The van der Waals surface area contributed by atoms with Crippen molar-refractivity contribution in [2.45, 2.75) is 26.3 Å². The quantitative estimate of drug-likeness (QED) is 0.755. The van der Waals surface area contributed by atoms with Crippen LogP contribution in [0.3, 0.4) is 0 Å².